The molecule has 1 heterocycles. The number of fused-ring (bicyclic) bond motifs is 1. The number of para-hydroxylation sites is 1. The second-order valence-electron chi connectivity index (χ2n) is 4.15. The summed E-state index contributed by atoms with van der Waals surface area (Å²) in [6.07, 6.45) is 5.62. The minimum atomic E-state index is 0.801. The molecule has 0 bridgehead atoms. The second kappa shape index (κ2) is 6.12. The van der Waals surface area contributed by atoms with E-state index in [2.05, 4.69) is 21.6 Å². The Kier molecular flexibility index (Phi) is 3.85. The van der Waals surface area contributed by atoms with Crippen molar-refractivity contribution in [2.45, 2.75) is 0 Å². The Balaban J connectivity index is 1.61. The molecule has 0 fully saturated rings. The number of hydrogen-bond acceptors (Lipinski definition) is 4. The minimum absolute atomic E-state index is 0.801. The largest absolute Gasteiger partial charge is 0.253 e. The highest BCUT2D eigenvalue weighted by molar-refractivity contribution is 7.22. The lowest BCUT2D eigenvalue weighted by Gasteiger charge is -1.90. The number of thiazole rings is 1. The number of allylic oxidation sites excluding steroid dienone is 1. The molecule has 0 aliphatic heterocycles. The molecule has 20 heavy (non-hydrogen) atoms. The molecule has 1 aromatic heterocycles. The zero-order valence-electron chi connectivity index (χ0n) is 10.7. The number of hydrazone groups is 1. The fourth-order valence-corrected chi connectivity index (χ4v) is 2.59. The molecular formula is C16H13N3S. The molecule has 2 aromatic carbocycles. The van der Waals surface area contributed by atoms with Gasteiger partial charge in [0, 0.05) is 6.21 Å². The maximum atomic E-state index is 4.44. The maximum absolute atomic E-state index is 4.44. The van der Waals surface area contributed by atoms with Gasteiger partial charge in [-0.15, -0.1) is 0 Å². The molecule has 0 atom stereocenters. The SMILES string of the molecule is C(/C=C/c1ccccc1)=N/Nc1nc2ccccc2s1. The van der Waals surface area contributed by atoms with E-state index in [0.29, 0.717) is 0 Å². The van der Waals surface area contributed by atoms with Crippen molar-refractivity contribution in [3.8, 4) is 0 Å². The number of anilines is 1. The molecule has 0 amide bonds. The first kappa shape index (κ1) is 12.6. The van der Waals surface area contributed by atoms with Gasteiger partial charge in [0.1, 0.15) is 0 Å². The van der Waals surface area contributed by atoms with Crippen LogP contribution in [0.5, 0.6) is 0 Å². The third kappa shape index (κ3) is 3.10. The van der Waals surface area contributed by atoms with Crippen LogP contribution in [0.1, 0.15) is 5.56 Å². The van der Waals surface area contributed by atoms with E-state index in [9.17, 15) is 0 Å². The van der Waals surface area contributed by atoms with E-state index in [1.54, 1.807) is 17.6 Å². The van der Waals surface area contributed by atoms with Gasteiger partial charge in [-0.3, -0.25) is 5.43 Å². The van der Waals surface area contributed by atoms with Crippen LogP contribution in [0.2, 0.25) is 0 Å². The lowest BCUT2D eigenvalue weighted by Crippen LogP contribution is -1.86. The summed E-state index contributed by atoms with van der Waals surface area (Å²) in [5.74, 6) is 0. The van der Waals surface area contributed by atoms with Gasteiger partial charge >= 0.3 is 0 Å². The highest BCUT2D eigenvalue weighted by Crippen LogP contribution is 2.25. The topological polar surface area (TPSA) is 37.3 Å². The normalized spacial score (nSPS) is 11.6. The van der Waals surface area contributed by atoms with E-state index >= 15 is 0 Å². The Hall–Kier alpha value is -2.46. The molecule has 0 unspecified atom stereocenters. The Morgan fingerprint density at radius 2 is 1.80 bits per heavy atom. The first-order valence-corrected chi connectivity index (χ1v) is 7.10. The summed E-state index contributed by atoms with van der Waals surface area (Å²) >= 11 is 1.59. The third-order valence-corrected chi connectivity index (χ3v) is 3.64. The van der Waals surface area contributed by atoms with Crippen molar-refractivity contribution in [2.24, 2.45) is 5.10 Å². The zero-order chi connectivity index (χ0) is 13.6. The van der Waals surface area contributed by atoms with Gasteiger partial charge in [0.15, 0.2) is 0 Å². The molecule has 98 valence electrons. The number of nitrogens with zero attached hydrogens (tertiary/aromatic N) is 2. The van der Waals surface area contributed by atoms with Crippen LogP contribution in [0.4, 0.5) is 5.13 Å². The fraction of sp³-hybridized carbons (Fsp3) is 0. The Morgan fingerprint density at radius 1 is 1.00 bits per heavy atom. The number of benzene rings is 2. The number of rotatable bonds is 4. The molecule has 0 radical (unpaired) electrons. The van der Waals surface area contributed by atoms with Gasteiger partial charge in [-0.1, -0.05) is 59.9 Å². The minimum Gasteiger partial charge on any atom is -0.253 e. The van der Waals surface area contributed by atoms with Gasteiger partial charge in [0.05, 0.1) is 10.2 Å². The van der Waals surface area contributed by atoms with Gasteiger partial charge in [-0.05, 0) is 23.8 Å². The summed E-state index contributed by atoms with van der Waals surface area (Å²) in [7, 11) is 0. The van der Waals surface area contributed by atoms with E-state index < -0.39 is 0 Å². The number of aromatic nitrogens is 1. The van der Waals surface area contributed by atoms with Crippen molar-refractivity contribution in [1.29, 1.82) is 0 Å². The van der Waals surface area contributed by atoms with Gasteiger partial charge in [-0.25, -0.2) is 4.98 Å². The summed E-state index contributed by atoms with van der Waals surface area (Å²) in [5.41, 5.74) is 5.09. The van der Waals surface area contributed by atoms with E-state index in [0.717, 1.165) is 20.9 Å². The Labute approximate surface area is 121 Å². The molecule has 0 saturated heterocycles. The van der Waals surface area contributed by atoms with E-state index in [4.69, 9.17) is 0 Å². The number of hydrogen-bond donors (Lipinski definition) is 1. The van der Waals surface area contributed by atoms with Gasteiger partial charge < -0.3 is 0 Å². The predicted octanol–water partition coefficient (Wildman–Crippen LogP) is 4.41. The van der Waals surface area contributed by atoms with E-state index in [1.165, 1.54) is 0 Å². The highest BCUT2D eigenvalue weighted by Gasteiger charge is 2.00. The summed E-state index contributed by atoms with van der Waals surface area (Å²) in [6.45, 7) is 0. The van der Waals surface area contributed by atoms with Crippen LogP contribution in [0, 0.1) is 0 Å². The van der Waals surface area contributed by atoms with Crippen LogP contribution in [0.15, 0.2) is 65.8 Å². The maximum Gasteiger partial charge on any atom is 0.204 e. The highest BCUT2D eigenvalue weighted by atomic mass is 32.1. The number of nitrogens with one attached hydrogen (secondary N) is 1. The first-order chi connectivity index (χ1) is 9.92. The monoisotopic (exact) mass is 279 g/mol. The Bertz CT molecular complexity index is 712. The predicted molar refractivity (Wildman–Crippen MR) is 87.2 cm³/mol. The molecule has 3 aromatic rings. The summed E-state index contributed by atoms with van der Waals surface area (Å²) in [5, 5.41) is 4.94. The summed E-state index contributed by atoms with van der Waals surface area (Å²) in [4.78, 5) is 4.44. The smallest absolute Gasteiger partial charge is 0.204 e. The molecule has 0 aliphatic carbocycles. The molecule has 0 aliphatic rings. The second-order valence-corrected chi connectivity index (χ2v) is 5.18. The van der Waals surface area contributed by atoms with Crippen LogP contribution in [-0.4, -0.2) is 11.2 Å². The lowest BCUT2D eigenvalue weighted by atomic mass is 10.2. The third-order valence-electron chi connectivity index (χ3n) is 2.70. The van der Waals surface area contributed by atoms with Crippen LogP contribution >= 0.6 is 11.3 Å². The van der Waals surface area contributed by atoms with Crippen molar-refractivity contribution in [3.05, 3.63) is 66.2 Å². The van der Waals surface area contributed by atoms with Crippen LogP contribution < -0.4 is 5.43 Å². The van der Waals surface area contributed by atoms with Crippen molar-refractivity contribution in [3.63, 3.8) is 0 Å². The van der Waals surface area contributed by atoms with Crippen LogP contribution in [-0.2, 0) is 0 Å². The Morgan fingerprint density at radius 3 is 2.65 bits per heavy atom. The van der Waals surface area contributed by atoms with Crippen LogP contribution in [0.25, 0.3) is 16.3 Å². The first-order valence-electron chi connectivity index (χ1n) is 6.28. The van der Waals surface area contributed by atoms with Gasteiger partial charge in [0.25, 0.3) is 0 Å². The van der Waals surface area contributed by atoms with Gasteiger partial charge in [0.2, 0.25) is 5.13 Å². The lowest BCUT2D eigenvalue weighted by molar-refractivity contribution is 1.31. The van der Waals surface area contributed by atoms with Crippen LogP contribution in [0.3, 0.4) is 0 Å². The molecular weight excluding hydrogens is 266 g/mol. The summed E-state index contributed by atoms with van der Waals surface area (Å²) < 4.78 is 1.16. The average molecular weight is 279 g/mol. The van der Waals surface area contributed by atoms with Crippen molar-refractivity contribution in [1.82, 2.24) is 4.98 Å². The van der Waals surface area contributed by atoms with Crippen molar-refractivity contribution < 1.29 is 0 Å². The average Bonchev–Trinajstić information content (AvgIpc) is 2.90. The molecule has 3 rings (SSSR count). The fourth-order valence-electron chi connectivity index (χ4n) is 1.77. The molecule has 3 nitrogen and oxygen atoms in total. The van der Waals surface area contributed by atoms with Gasteiger partial charge in [-0.2, -0.15) is 5.10 Å². The van der Waals surface area contributed by atoms with Crippen molar-refractivity contribution >= 4 is 39.0 Å². The summed E-state index contributed by atoms with van der Waals surface area (Å²) in [6, 6.07) is 18.2. The quantitative estimate of drug-likeness (QED) is 0.567. The molecule has 0 spiro atoms. The zero-order valence-corrected chi connectivity index (χ0v) is 11.5. The molecule has 1 N–H and O–H groups in total. The molecule has 4 heteroatoms. The van der Waals surface area contributed by atoms with Crippen molar-refractivity contribution in [2.75, 3.05) is 5.43 Å². The van der Waals surface area contributed by atoms with E-state index in [-0.39, 0.29) is 0 Å². The van der Waals surface area contributed by atoms with E-state index in [1.807, 2.05) is 60.7 Å². The molecule has 0 saturated carbocycles. The standard InChI is InChI=1S/C16H13N3S/c1-2-7-13(8-3-1)9-6-12-17-19-16-18-14-10-4-5-11-15(14)20-16/h1-12H,(H,18,19)/b9-6+,17-12-.